The van der Waals surface area contributed by atoms with E-state index in [9.17, 15) is 18.4 Å². The van der Waals surface area contributed by atoms with Crippen LogP contribution in [0.25, 0.3) is 111 Å². The monoisotopic (exact) mass is 1010 g/mol. The Balaban J connectivity index is 1.24. The van der Waals surface area contributed by atoms with Gasteiger partial charge in [0.25, 0.3) is 0 Å². The molecule has 10 aromatic carbocycles. The Bertz CT molecular complexity index is 4180. The molecule has 0 aliphatic heterocycles. The number of aryl methyl sites for hydroxylation is 4. The quantitative estimate of drug-likeness (QED) is 0.147. The molecule has 0 atom stereocenters. The van der Waals surface area contributed by atoms with Gasteiger partial charge >= 0.3 is 12.4 Å². The first-order valence-corrected chi connectivity index (χ1v) is 24.9. The van der Waals surface area contributed by atoms with Crippen molar-refractivity contribution in [1.82, 2.24) is 9.13 Å². The average Bonchev–Trinajstić information content (AvgIpc) is 3.97. The van der Waals surface area contributed by atoms with Crippen molar-refractivity contribution in [2.45, 2.75) is 40.0 Å². The molecule has 76 heavy (non-hydrogen) atoms. The summed E-state index contributed by atoms with van der Waals surface area (Å²) in [5.41, 5.74) is 12.4. The fourth-order valence-corrected chi connectivity index (χ4v) is 11.3. The molecule has 370 valence electrons. The lowest BCUT2D eigenvalue weighted by Crippen LogP contribution is -2.13. The Hall–Kier alpha value is -9.13. The van der Waals surface area contributed by atoms with Crippen LogP contribution in [0.15, 0.2) is 200 Å². The molecule has 0 radical (unpaired) electrons. The fourth-order valence-electron chi connectivity index (χ4n) is 11.3. The van der Waals surface area contributed by atoms with Gasteiger partial charge in [0.1, 0.15) is 0 Å². The van der Waals surface area contributed by atoms with Gasteiger partial charge in [-0.2, -0.15) is 31.6 Å². The normalized spacial score (nSPS) is 12.1. The third-order valence-corrected chi connectivity index (χ3v) is 15.0. The minimum Gasteiger partial charge on any atom is -0.307 e. The minimum atomic E-state index is -5.22. The summed E-state index contributed by atoms with van der Waals surface area (Å²) in [7, 11) is 0. The molecule has 0 saturated heterocycles. The topological polar surface area (TPSA) is 33.6 Å². The summed E-state index contributed by atoms with van der Waals surface area (Å²) < 4.78 is 92.6. The zero-order valence-electron chi connectivity index (χ0n) is 41.7. The Labute approximate surface area is 434 Å². The van der Waals surface area contributed by atoms with Crippen LogP contribution >= 0.6 is 0 Å². The maximum Gasteiger partial charge on any atom is 0.417 e. The van der Waals surface area contributed by atoms with Crippen LogP contribution in [-0.2, 0) is 12.4 Å². The first-order chi connectivity index (χ1) is 36.6. The average molecular weight is 1010 g/mol. The number of hydrogen-bond donors (Lipinski definition) is 0. The van der Waals surface area contributed by atoms with Crippen LogP contribution in [-0.4, -0.2) is 9.13 Å². The lowest BCUT2D eigenvalue weighted by Gasteiger charge is -2.21. The maximum absolute atomic E-state index is 15.3. The molecule has 2 aromatic heterocycles. The first kappa shape index (κ1) is 47.8. The number of fused-ring (bicyclic) bond motifs is 6. The molecule has 9 heteroatoms. The lowest BCUT2D eigenvalue weighted by molar-refractivity contribution is -0.142. The van der Waals surface area contributed by atoms with Crippen molar-refractivity contribution in [2.24, 2.45) is 0 Å². The highest BCUT2D eigenvalue weighted by Crippen LogP contribution is 2.47. The molecular formula is C67H45F6N3. The van der Waals surface area contributed by atoms with Crippen molar-refractivity contribution in [1.29, 1.82) is 5.26 Å². The third-order valence-electron chi connectivity index (χ3n) is 15.0. The van der Waals surface area contributed by atoms with Gasteiger partial charge in [-0.1, -0.05) is 127 Å². The number of halogens is 6. The van der Waals surface area contributed by atoms with Gasteiger partial charge in [-0.3, -0.25) is 0 Å². The Morgan fingerprint density at radius 2 is 0.684 bits per heavy atom. The van der Waals surface area contributed by atoms with Crippen molar-refractivity contribution in [2.75, 3.05) is 0 Å². The molecule has 12 aromatic rings. The Kier molecular flexibility index (Phi) is 11.4. The van der Waals surface area contributed by atoms with Crippen molar-refractivity contribution in [3.05, 3.63) is 239 Å². The number of hydrogen-bond acceptors (Lipinski definition) is 1. The number of aromatic nitrogens is 2. The van der Waals surface area contributed by atoms with E-state index < -0.39 is 29.0 Å². The molecule has 12 rings (SSSR count). The highest BCUT2D eigenvalue weighted by atomic mass is 19.4. The SMILES string of the molecule is Cc1ccccc1-c1ccc2c(c1)c1cc(-c3ccccc3C)ccc1n2-c1cc(C#N)c(-c2ccc(C(F)(F)F)cc2C(F)(F)F)cc1-n1c2ccc(-c3ccccc3C)cc2c2cc(-c3ccccc3C)ccc21. The molecule has 0 N–H and O–H groups in total. The van der Waals surface area contributed by atoms with E-state index in [2.05, 4.69) is 123 Å². The molecule has 0 amide bonds. The smallest absolute Gasteiger partial charge is 0.307 e. The molecule has 3 nitrogen and oxygen atoms in total. The van der Waals surface area contributed by atoms with E-state index in [0.29, 0.717) is 17.4 Å². The van der Waals surface area contributed by atoms with Gasteiger partial charge in [0.2, 0.25) is 0 Å². The molecule has 2 heterocycles. The van der Waals surface area contributed by atoms with Gasteiger partial charge in [0.05, 0.1) is 56.2 Å². The van der Waals surface area contributed by atoms with E-state index >= 15 is 13.2 Å². The van der Waals surface area contributed by atoms with Crippen molar-refractivity contribution in [3.8, 4) is 73.1 Å². The van der Waals surface area contributed by atoms with Crippen molar-refractivity contribution >= 4 is 43.6 Å². The summed E-state index contributed by atoms with van der Waals surface area (Å²) in [5, 5.41) is 14.7. The van der Waals surface area contributed by atoms with Crippen molar-refractivity contribution < 1.29 is 26.3 Å². The molecule has 0 unspecified atom stereocenters. The second-order valence-corrected chi connectivity index (χ2v) is 19.6. The predicted molar refractivity (Wildman–Crippen MR) is 296 cm³/mol. The van der Waals surface area contributed by atoms with Gasteiger partial charge in [0.15, 0.2) is 0 Å². The van der Waals surface area contributed by atoms with Gasteiger partial charge < -0.3 is 9.13 Å². The minimum absolute atomic E-state index is 0.135. The van der Waals surface area contributed by atoms with Crippen molar-refractivity contribution in [3.63, 3.8) is 0 Å². The first-order valence-electron chi connectivity index (χ1n) is 24.9. The molecular weight excluding hydrogens is 961 g/mol. The summed E-state index contributed by atoms with van der Waals surface area (Å²) in [5.74, 6) is 0. The summed E-state index contributed by atoms with van der Waals surface area (Å²) in [6.07, 6.45) is -10.3. The summed E-state index contributed by atoms with van der Waals surface area (Å²) >= 11 is 0. The highest BCUT2D eigenvalue weighted by molar-refractivity contribution is 6.14. The molecule has 0 saturated carbocycles. The lowest BCUT2D eigenvalue weighted by atomic mass is 9.92. The van der Waals surface area contributed by atoms with E-state index in [4.69, 9.17) is 0 Å². The molecule has 0 aliphatic carbocycles. The molecule has 0 aliphatic rings. The van der Waals surface area contributed by atoms with Crippen LogP contribution in [0.2, 0.25) is 0 Å². The van der Waals surface area contributed by atoms with E-state index in [1.54, 1.807) is 12.1 Å². The number of nitrogens with zero attached hydrogens (tertiary/aromatic N) is 3. The van der Waals surface area contributed by atoms with Crippen LogP contribution in [0, 0.1) is 39.0 Å². The molecule has 0 spiro atoms. The van der Waals surface area contributed by atoms with Crippen LogP contribution in [0.3, 0.4) is 0 Å². The largest absolute Gasteiger partial charge is 0.417 e. The van der Waals surface area contributed by atoms with E-state index in [1.807, 2.05) is 89.5 Å². The van der Waals surface area contributed by atoms with E-state index in [1.165, 1.54) is 0 Å². The second kappa shape index (κ2) is 18.1. The van der Waals surface area contributed by atoms with E-state index in [0.717, 1.165) is 116 Å². The van der Waals surface area contributed by atoms with Gasteiger partial charge in [0, 0.05) is 27.1 Å². The number of alkyl halides is 6. The van der Waals surface area contributed by atoms with Gasteiger partial charge in [-0.25, -0.2) is 0 Å². The van der Waals surface area contributed by atoms with Gasteiger partial charge in [-0.05, 0) is 173 Å². The van der Waals surface area contributed by atoms with Crippen LogP contribution in [0.4, 0.5) is 26.3 Å². The molecule has 0 fully saturated rings. The number of nitriles is 1. The summed E-state index contributed by atoms with van der Waals surface area (Å²) in [4.78, 5) is 0. The Morgan fingerprint density at radius 3 is 1.00 bits per heavy atom. The highest BCUT2D eigenvalue weighted by Gasteiger charge is 2.39. The standard InChI is InChI=1S/C67H45F6N3/c1-39-13-5-9-17-49(39)43-21-27-60-55(31-43)56-32-44(50-18-10-6-14-40(50)2)22-28-61(56)75(60)64-35-47(38-74)54(53-26-25-48(66(68,69)70)36-59(53)67(71,72)73)37-65(64)76-62-29-23-45(51-19-11-7-15-41(51)3)33-57(62)58-34-46(24-30-63(58)76)52-20-12-8-16-42(52)4/h5-37H,1-4H3. The number of benzene rings is 10. The predicted octanol–water partition coefficient (Wildman–Crippen LogP) is 19.4. The number of rotatable bonds is 7. The summed E-state index contributed by atoms with van der Waals surface area (Å²) in [6, 6.07) is 64.4. The summed E-state index contributed by atoms with van der Waals surface area (Å²) in [6.45, 7) is 8.24. The van der Waals surface area contributed by atoms with Crippen LogP contribution in [0.1, 0.15) is 38.9 Å². The zero-order valence-corrected chi connectivity index (χ0v) is 41.7. The second-order valence-electron chi connectivity index (χ2n) is 19.6. The Morgan fingerprint density at radius 1 is 0.342 bits per heavy atom. The third kappa shape index (κ3) is 8.00. The van der Waals surface area contributed by atoms with E-state index in [-0.39, 0.29) is 17.2 Å². The molecule has 0 bridgehead atoms. The van der Waals surface area contributed by atoms with Crippen LogP contribution in [0.5, 0.6) is 0 Å². The zero-order chi connectivity index (χ0) is 52.8. The maximum atomic E-state index is 15.3. The fraction of sp³-hybridized carbons (Fsp3) is 0.0896. The van der Waals surface area contributed by atoms with Crippen LogP contribution < -0.4 is 0 Å². The van der Waals surface area contributed by atoms with Gasteiger partial charge in [-0.15, -0.1) is 0 Å².